The third-order valence-corrected chi connectivity index (χ3v) is 41.0. The first-order valence-corrected chi connectivity index (χ1v) is 39.5. The second-order valence-corrected chi connectivity index (χ2v) is 69.4. The van der Waals surface area contributed by atoms with Crippen molar-refractivity contribution in [2.75, 3.05) is 0 Å². The molecule has 0 amide bonds. The number of halogens is 3. The quantitative estimate of drug-likeness (QED) is 0.111. The van der Waals surface area contributed by atoms with Gasteiger partial charge < -0.3 is 0 Å². The van der Waals surface area contributed by atoms with Crippen LogP contribution in [0.3, 0.4) is 0 Å². The molecule has 0 fully saturated rings. The molecule has 0 nitrogen and oxygen atoms in total. The van der Waals surface area contributed by atoms with Gasteiger partial charge >= 0.3 is 250 Å². The predicted molar refractivity (Wildman–Crippen MR) is 200 cm³/mol. The average molecular weight is 1050 g/mol. The summed E-state index contributed by atoms with van der Waals surface area (Å²) in [6.07, 6.45) is 5.73. The van der Waals surface area contributed by atoms with Crippen molar-refractivity contribution in [1.29, 1.82) is 0 Å². The molecule has 4 rings (SSSR count). The van der Waals surface area contributed by atoms with Crippen LogP contribution >= 0.6 is 61.2 Å². The van der Waals surface area contributed by atoms with Gasteiger partial charge in [0.05, 0.1) is 0 Å². The van der Waals surface area contributed by atoms with E-state index >= 15 is 0 Å². The standard InChI is InChI=1S/4C6H5.2C4H9.3HI.Sb.Sn.H/c4*1-2-4-6-5-3-1;2*1-3-4-2;;;;;;/h4*1-5H;2*1,3-4H2,2H3;3*1H;;;/q;;;;;;;;;;+2;/p-2. The van der Waals surface area contributed by atoms with E-state index in [9.17, 15) is 0 Å². The van der Waals surface area contributed by atoms with Gasteiger partial charge in [0.1, 0.15) is 0 Å². The van der Waals surface area contributed by atoms with Gasteiger partial charge in [-0.15, -0.1) is 24.0 Å². The summed E-state index contributed by atoms with van der Waals surface area (Å²) in [7, 11) is -1.50. The van der Waals surface area contributed by atoms with E-state index in [1.807, 2.05) is 0 Å². The molecule has 0 saturated heterocycles. The molecular weight excluding hydrogens is 1010 g/mol. The maximum atomic E-state index is 2.82. The molecule has 0 aliphatic heterocycles. The van der Waals surface area contributed by atoms with E-state index in [1.54, 1.807) is 8.87 Å². The Labute approximate surface area is 270 Å². The summed E-state index contributed by atoms with van der Waals surface area (Å²) in [5, 5.41) is 0. The van der Waals surface area contributed by atoms with Gasteiger partial charge in [0.2, 0.25) is 0 Å². The SMILES string of the molecule is CCC[CH2][Sn]([I])([I])[CH2]CCC.I.c1cc[c]([SbH]([c]2ccccc2)([c]2ccccc2)[c]2ccccc2)cc1. The Balaban J connectivity index is 0.000000344. The summed E-state index contributed by atoms with van der Waals surface area (Å²) in [6.45, 7) is 4.60. The Kier molecular flexibility index (Phi) is 16.7. The van der Waals surface area contributed by atoms with E-state index in [4.69, 9.17) is 0 Å². The van der Waals surface area contributed by atoms with Crippen molar-refractivity contribution in [3.05, 3.63) is 121 Å². The van der Waals surface area contributed by atoms with Crippen molar-refractivity contribution >= 4 is 105 Å². The first-order valence-electron chi connectivity index (χ1n) is 13.1. The third-order valence-electron chi connectivity index (χ3n) is 6.62. The van der Waals surface area contributed by atoms with Gasteiger partial charge in [-0.2, -0.15) is 0 Å². The Morgan fingerprint density at radius 3 is 0.946 bits per heavy atom. The number of hydrogen-bond acceptors (Lipinski definition) is 0. The van der Waals surface area contributed by atoms with E-state index in [2.05, 4.69) is 172 Å². The van der Waals surface area contributed by atoms with Crippen LogP contribution in [0.4, 0.5) is 0 Å². The van der Waals surface area contributed by atoms with Crippen molar-refractivity contribution < 1.29 is 0 Å². The molecule has 4 aromatic rings. The molecule has 5 heteroatoms. The monoisotopic (exact) mass is 1050 g/mol. The molecule has 0 heterocycles. The fraction of sp³-hybridized carbons (Fsp3) is 0.250. The van der Waals surface area contributed by atoms with E-state index in [0.29, 0.717) is 0 Å². The van der Waals surface area contributed by atoms with Gasteiger partial charge in [-0.1, -0.05) is 0 Å². The number of unbranched alkanes of at least 4 members (excludes halogenated alkanes) is 2. The molecule has 0 saturated carbocycles. The second-order valence-electron chi connectivity index (χ2n) is 9.28. The molecule has 0 atom stereocenters. The first-order chi connectivity index (χ1) is 17.5. The fourth-order valence-corrected chi connectivity index (χ4v) is 34.3. The van der Waals surface area contributed by atoms with Gasteiger partial charge in [0.15, 0.2) is 0 Å². The minimum absolute atomic E-state index is 0. The maximum absolute atomic E-state index is 3.31. The van der Waals surface area contributed by atoms with Crippen LogP contribution in [0.25, 0.3) is 0 Å². The van der Waals surface area contributed by atoms with E-state index in [-0.39, 0.29) is 24.0 Å². The third kappa shape index (κ3) is 9.93. The Morgan fingerprint density at radius 2 is 0.730 bits per heavy atom. The number of benzene rings is 4. The summed E-state index contributed by atoms with van der Waals surface area (Å²) in [5.74, 6) is 0. The van der Waals surface area contributed by atoms with Gasteiger partial charge in [0.25, 0.3) is 0 Å². The van der Waals surface area contributed by atoms with E-state index < -0.39 is 29.2 Å². The van der Waals surface area contributed by atoms with Crippen LogP contribution in [0, 0.1) is 0 Å². The van der Waals surface area contributed by atoms with Crippen molar-refractivity contribution in [2.24, 2.45) is 0 Å². The molecule has 0 aromatic heterocycles. The van der Waals surface area contributed by atoms with Crippen LogP contribution in [0.15, 0.2) is 121 Å². The normalized spacial score (nSPS) is 11.6. The zero-order valence-electron chi connectivity index (χ0n) is 22.0. The molecule has 0 radical (unpaired) electrons. The Bertz CT molecular complexity index is 950. The molecule has 0 aliphatic rings. The van der Waals surface area contributed by atoms with Crippen LogP contribution in [-0.2, 0) is 0 Å². The summed E-state index contributed by atoms with van der Waals surface area (Å²) >= 11 is 2.33. The van der Waals surface area contributed by atoms with Gasteiger partial charge in [-0.05, 0) is 0 Å². The second kappa shape index (κ2) is 18.2. The fourth-order valence-electron chi connectivity index (χ4n) is 4.75. The zero-order chi connectivity index (χ0) is 25.7. The molecule has 0 bridgehead atoms. The molecule has 0 N–H and O–H groups in total. The summed E-state index contributed by atoms with van der Waals surface area (Å²) in [6, 6.07) is 44.4. The van der Waals surface area contributed by atoms with Crippen LogP contribution in [0.2, 0.25) is 8.87 Å². The van der Waals surface area contributed by atoms with Crippen LogP contribution in [-0.4, -0.2) is 29.2 Å². The van der Waals surface area contributed by atoms with Gasteiger partial charge in [-0.25, -0.2) is 0 Å². The molecule has 198 valence electrons. The van der Waals surface area contributed by atoms with Crippen LogP contribution in [0.5, 0.6) is 0 Å². The first kappa shape index (κ1) is 33.9. The van der Waals surface area contributed by atoms with Gasteiger partial charge in [-0.3, -0.25) is 0 Å². The van der Waals surface area contributed by atoms with E-state index in [0.717, 1.165) is 0 Å². The van der Waals surface area contributed by atoms with Crippen LogP contribution in [0.1, 0.15) is 39.5 Å². The molecular formula is C32H40I3SbSn. The predicted octanol–water partition coefficient (Wildman–Crippen LogP) is 8.31. The molecule has 4 aromatic carbocycles. The average Bonchev–Trinajstić information content (AvgIpc) is 2.94. The number of hydrogen-bond donors (Lipinski definition) is 0. The topological polar surface area (TPSA) is 0 Å². The Hall–Kier alpha value is 0.687. The van der Waals surface area contributed by atoms with Crippen molar-refractivity contribution in [1.82, 2.24) is 0 Å². The molecule has 0 spiro atoms. The molecule has 0 aliphatic carbocycles. The van der Waals surface area contributed by atoms with Crippen molar-refractivity contribution in [3.63, 3.8) is 0 Å². The molecule has 37 heavy (non-hydrogen) atoms. The van der Waals surface area contributed by atoms with Crippen molar-refractivity contribution in [2.45, 2.75) is 48.4 Å². The van der Waals surface area contributed by atoms with Crippen LogP contribution < -0.4 is 14.0 Å². The summed E-state index contributed by atoms with van der Waals surface area (Å²) in [5.41, 5.74) is 0. The molecule has 0 unspecified atom stereocenters. The van der Waals surface area contributed by atoms with Gasteiger partial charge in [0, 0.05) is 0 Å². The summed E-state index contributed by atoms with van der Waals surface area (Å²) in [4.78, 5) is 0. The van der Waals surface area contributed by atoms with Crippen molar-refractivity contribution in [3.8, 4) is 0 Å². The zero-order valence-corrected chi connectivity index (χ0v) is 34.3. The summed E-state index contributed by atoms with van der Waals surface area (Å²) < 4.78 is 9.13. The Morgan fingerprint density at radius 1 is 0.486 bits per heavy atom. The van der Waals surface area contributed by atoms with E-state index in [1.165, 1.54) is 39.7 Å². The number of rotatable bonds is 10. The minimum atomic E-state index is -3.31.